The normalized spacial score (nSPS) is 19.4. The van der Waals surface area contributed by atoms with Gasteiger partial charge in [-0.15, -0.1) is 11.3 Å². The van der Waals surface area contributed by atoms with Gasteiger partial charge in [-0.25, -0.2) is 4.99 Å². The molecular formula is C17H22N2OS. The van der Waals surface area contributed by atoms with Crippen molar-refractivity contribution in [2.75, 3.05) is 6.61 Å². The lowest BCUT2D eigenvalue weighted by Crippen LogP contribution is -2.24. The monoisotopic (exact) mass is 302 g/mol. The van der Waals surface area contributed by atoms with E-state index in [0.29, 0.717) is 6.10 Å². The Hall–Kier alpha value is -1.39. The Morgan fingerprint density at radius 2 is 2.19 bits per heavy atom. The van der Waals surface area contributed by atoms with Crippen LogP contribution in [-0.2, 0) is 11.3 Å². The summed E-state index contributed by atoms with van der Waals surface area (Å²) in [5, 5.41) is 2.18. The van der Waals surface area contributed by atoms with Crippen LogP contribution in [-0.4, -0.2) is 17.3 Å². The van der Waals surface area contributed by atoms with Gasteiger partial charge in [0.05, 0.1) is 18.3 Å². The van der Waals surface area contributed by atoms with Crippen molar-refractivity contribution < 1.29 is 4.74 Å². The number of aromatic nitrogens is 1. The van der Waals surface area contributed by atoms with E-state index in [-0.39, 0.29) is 0 Å². The molecule has 1 aromatic carbocycles. The van der Waals surface area contributed by atoms with E-state index in [1.54, 1.807) is 11.3 Å². The highest BCUT2D eigenvalue weighted by Crippen LogP contribution is 2.20. The lowest BCUT2D eigenvalue weighted by atomic mass is 10.1. The number of nitrogens with zero attached hydrogens (tertiary/aromatic N) is 2. The molecule has 1 fully saturated rings. The molecule has 1 aromatic heterocycles. The van der Waals surface area contributed by atoms with E-state index in [0.717, 1.165) is 30.1 Å². The maximum atomic E-state index is 5.77. The van der Waals surface area contributed by atoms with Crippen LogP contribution < -0.4 is 4.80 Å². The number of aryl methyl sites for hydroxylation is 3. The number of hydrogen-bond donors (Lipinski definition) is 0. The fourth-order valence-corrected chi connectivity index (χ4v) is 3.65. The third kappa shape index (κ3) is 3.27. The van der Waals surface area contributed by atoms with Gasteiger partial charge in [-0.05, 0) is 45.2 Å². The zero-order chi connectivity index (χ0) is 14.8. The van der Waals surface area contributed by atoms with Gasteiger partial charge >= 0.3 is 0 Å². The van der Waals surface area contributed by atoms with Crippen LogP contribution in [0.25, 0.3) is 0 Å². The van der Waals surface area contributed by atoms with Crippen molar-refractivity contribution >= 4 is 17.0 Å². The van der Waals surface area contributed by atoms with Crippen LogP contribution in [0.5, 0.6) is 0 Å². The van der Waals surface area contributed by atoms with Crippen molar-refractivity contribution in [2.45, 2.75) is 46.3 Å². The zero-order valence-corrected chi connectivity index (χ0v) is 13.7. The van der Waals surface area contributed by atoms with Crippen LogP contribution in [0.15, 0.2) is 28.6 Å². The van der Waals surface area contributed by atoms with Crippen LogP contribution in [0.1, 0.15) is 29.7 Å². The zero-order valence-electron chi connectivity index (χ0n) is 12.9. The standard InChI is InChI=1S/C17H22N2OS/c1-12-6-7-16(13(2)9-12)18-17-19(14(3)11-21-17)10-15-5-4-8-20-15/h6-7,9,11,15H,4-5,8,10H2,1-3H3. The van der Waals surface area contributed by atoms with E-state index in [9.17, 15) is 0 Å². The van der Waals surface area contributed by atoms with Gasteiger partial charge in [0.1, 0.15) is 0 Å². The molecule has 0 bridgehead atoms. The molecule has 3 rings (SSSR count). The molecule has 2 heterocycles. The molecule has 0 amide bonds. The number of thiazole rings is 1. The van der Waals surface area contributed by atoms with Gasteiger partial charge < -0.3 is 9.30 Å². The van der Waals surface area contributed by atoms with Crippen LogP contribution in [0.4, 0.5) is 5.69 Å². The molecule has 3 nitrogen and oxygen atoms in total. The Balaban J connectivity index is 1.96. The van der Waals surface area contributed by atoms with Crippen LogP contribution >= 0.6 is 11.3 Å². The first kappa shape index (κ1) is 14.5. The summed E-state index contributed by atoms with van der Waals surface area (Å²) in [6.07, 6.45) is 2.68. The van der Waals surface area contributed by atoms with Gasteiger partial charge in [0.25, 0.3) is 0 Å². The summed E-state index contributed by atoms with van der Waals surface area (Å²) in [5.74, 6) is 0. The minimum absolute atomic E-state index is 0.344. The molecule has 0 radical (unpaired) electrons. The summed E-state index contributed by atoms with van der Waals surface area (Å²) in [6.45, 7) is 8.20. The summed E-state index contributed by atoms with van der Waals surface area (Å²) in [6, 6.07) is 6.41. The third-order valence-corrected chi connectivity index (χ3v) is 4.95. The average Bonchev–Trinajstić information content (AvgIpc) is 3.07. The first-order valence-corrected chi connectivity index (χ1v) is 8.40. The number of benzene rings is 1. The van der Waals surface area contributed by atoms with Crippen LogP contribution in [0.3, 0.4) is 0 Å². The second-order valence-corrected chi connectivity index (χ2v) is 6.64. The Kier molecular flexibility index (Phi) is 4.27. The van der Waals surface area contributed by atoms with E-state index >= 15 is 0 Å². The van der Waals surface area contributed by atoms with Crippen molar-refractivity contribution in [1.29, 1.82) is 0 Å². The number of ether oxygens (including phenoxy) is 1. The number of hydrogen-bond acceptors (Lipinski definition) is 3. The summed E-state index contributed by atoms with van der Waals surface area (Å²) >= 11 is 1.71. The Morgan fingerprint density at radius 1 is 1.33 bits per heavy atom. The Morgan fingerprint density at radius 3 is 2.90 bits per heavy atom. The largest absolute Gasteiger partial charge is 0.376 e. The molecule has 21 heavy (non-hydrogen) atoms. The van der Waals surface area contributed by atoms with Gasteiger partial charge in [0.15, 0.2) is 4.80 Å². The molecule has 1 unspecified atom stereocenters. The minimum Gasteiger partial charge on any atom is -0.376 e. The second kappa shape index (κ2) is 6.16. The van der Waals surface area contributed by atoms with Crippen LogP contribution in [0.2, 0.25) is 0 Å². The molecule has 112 valence electrons. The van der Waals surface area contributed by atoms with E-state index < -0.39 is 0 Å². The first-order chi connectivity index (χ1) is 10.1. The van der Waals surface area contributed by atoms with Crippen molar-refractivity contribution in [3.8, 4) is 0 Å². The van der Waals surface area contributed by atoms with E-state index in [4.69, 9.17) is 9.73 Å². The molecular weight excluding hydrogens is 280 g/mol. The van der Waals surface area contributed by atoms with E-state index in [1.807, 2.05) is 0 Å². The maximum absolute atomic E-state index is 5.77. The lowest BCUT2D eigenvalue weighted by molar-refractivity contribution is 0.0959. The molecule has 1 saturated heterocycles. The third-order valence-electron chi connectivity index (χ3n) is 3.97. The summed E-state index contributed by atoms with van der Waals surface area (Å²) in [4.78, 5) is 5.94. The average molecular weight is 302 g/mol. The highest BCUT2D eigenvalue weighted by Gasteiger charge is 2.17. The van der Waals surface area contributed by atoms with Crippen molar-refractivity contribution in [3.05, 3.63) is 45.2 Å². The van der Waals surface area contributed by atoms with Gasteiger partial charge in [-0.3, -0.25) is 0 Å². The van der Waals surface area contributed by atoms with Gasteiger partial charge in [-0.1, -0.05) is 17.7 Å². The van der Waals surface area contributed by atoms with Crippen molar-refractivity contribution in [1.82, 2.24) is 4.57 Å². The SMILES string of the molecule is Cc1ccc(N=c2scc(C)n2CC2CCCO2)c(C)c1. The van der Waals surface area contributed by atoms with Crippen LogP contribution in [0, 0.1) is 20.8 Å². The lowest BCUT2D eigenvalue weighted by Gasteiger charge is -2.12. The predicted octanol–water partition coefficient (Wildman–Crippen LogP) is 3.89. The van der Waals surface area contributed by atoms with Crippen molar-refractivity contribution in [3.63, 3.8) is 0 Å². The first-order valence-electron chi connectivity index (χ1n) is 7.52. The molecule has 0 N–H and O–H groups in total. The van der Waals surface area contributed by atoms with E-state index in [1.165, 1.54) is 23.2 Å². The molecule has 1 atom stereocenters. The molecule has 0 spiro atoms. The number of rotatable bonds is 3. The highest BCUT2D eigenvalue weighted by molar-refractivity contribution is 7.07. The Labute approximate surface area is 129 Å². The Bertz CT molecular complexity index is 693. The quantitative estimate of drug-likeness (QED) is 0.845. The molecule has 1 aliphatic rings. The molecule has 4 heteroatoms. The summed E-state index contributed by atoms with van der Waals surface area (Å²) < 4.78 is 8.06. The van der Waals surface area contributed by atoms with Crippen molar-refractivity contribution in [2.24, 2.45) is 4.99 Å². The molecule has 0 saturated carbocycles. The molecule has 0 aliphatic carbocycles. The van der Waals surface area contributed by atoms with Gasteiger partial charge in [0.2, 0.25) is 0 Å². The summed E-state index contributed by atoms with van der Waals surface area (Å²) in [5.41, 5.74) is 4.83. The topological polar surface area (TPSA) is 26.5 Å². The molecule has 2 aromatic rings. The maximum Gasteiger partial charge on any atom is 0.190 e. The fourth-order valence-electron chi connectivity index (χ4n) is 2.75. The summed E-state index contributed by atoms with van der Waals surface area (Å²) in [7, 11) is 0. The van der Waals surface area contributed by atoms with Gasteiger partial charge in [-0.2, -0.15) is 0 Å². The second-order valence-electron chi connectivity index (χ2n) is 5.81. The van der Waals surface area contributed by atoms with Gasteiger partial charge in [0, 0.05) is 17.7 Å². The fraction of sp³-hybridized carbons (Fsp3) is 0.471. The molecule has 1 aliphatic heterocycles. The van der Waals surface area contributed by atoms with E-state index in [2.05, 4.69) is 48.9 Å². The highest BCUT2D eigenvalue weighted by atomic mass is 32.1. The minimum atomic E-state index is 0.344. The smallest absolute Gasteiger partial charge is 0.190 e. The predicted molar refractivity (Wildman–Crippen MR) is 87.2 cm³/mol.